The van der Waals surface area contributed by atoms with Crippen LogP contribution in [0.5, 0.6) is 5.75 Å². The average Bonchev–Trinajstić information content (AvgIpc) is 3.62. The van der Waals surface area contributed by atoms with Crippen LogP contribution in [0.2, 0.25) is 0 Å². The van der Waals surface area contributed by atoms with Gasteiger partial charge in [0.15, 0.2) is 10.1 Å². The number of thiazole rings is 1. The molecule has 39 heavy (non-hydrogen) atoms. The molecule has 3 aromatic carbocycles. The van der Waals surface area contributed by atoms with Crippen molar-refractivity contribution in [3.05, 3.63) is 84.4 Å². The summed E-state index contributed by atoms with van der Waals surface area (Å²) in [5.41, 5.74) is 2.84. The Morgan fingerprint density at radius 2 is 1.85 bits per heavy atom. The molecule has 1 saturated heterocycles. The maximum atomic E-state index is 13.4. The van der Waals surface area contributed by atoms with E-state index in [1.807, 2.05) is 60.7 Å². The van der Waals surface area contributed by atoms with Crippen molar-refractivity contribution >= 4 is 71.9 Å². The largest absolute Gasteiger partial charge is 0.497 e. The highest BCUT2D eigenvalue weighted by Gasteiger charge is 2.56. The third-order valence-electron chi connectivity index (χ3n) is 6.41. The minimum absolute atomic E-state index is 0.120. The number of benzene rings is 3. The zero-order valence-electron chi connectivity index (χ0n) is 20.6. The molecule has 1 amide bonds. The Labute approximate surface area is 233 Å². The van der Waals surface area contributed by atoms with Crippen LogP contribution in [-0.4, -0.2) is 47.4 Å². The highest BCUT2D eigenvalue weighted by Crippen LogP contribution is 2.51. The highest BCUT2D eigenvalue weighted by molar-refractivity contribution is 8.02. The fourth-order valence-electron chi connectivity index (χ4n) is 4.59. The van der Waals surface area contributed by atoms with Crippen LogP contribution in [0.3, 0.4) is 0 Å². The van der Waals surface area contributed by atoms with Gasteiger partial charge in [0.1, 0.15) is 5.75 Å². The van der Waals surface area contributed by atoms with Gasteiger partial charge in [-0.25, -0.2) is 9.99 Å². The number of anilines is 2. The van der Waals surface area contributed by atoms with Crippen molar-refractivity contribution < 1.29 is 22.5 Å². The summed E-state index contributed by atoms with van der Waals surface area (Å²) < 4.78 is 39.7. The number of allylic oxidation sites excluding steroid dienone is 1. The van der Waals surface area contributed by atoms with E-state index in [4.69, 9.17) is 14.8 Å². The number of nitrogens with zero attached hydrogens (tertiary/aromatic N) is 4. The molecule has 9 nitrogen and oxygen atoms in total. The standard InChI is InChI=1S/C27H22N4O5S3/c1-36-21-13-10-18(11-14-21)9-12-19-16-27(31(29-19)20-5-4-6-22(15-20)39(33,34)35)30(25(32)17-37-27)26-28-23-7-2-3-8-24(23)38-26/h2-15H,16-17H2,1H3,(H,33,34,35). The Morgan fingerprint density at radius 3 is 2.59 bits per heavy atom. The van der Waals surface area contributed by atoms with Crippen LogP contribution in [0.15, 0.2) is 88.9 Å². The second kappa shape index (κ2) is 9.79. The number of fused-ring (bicyclic) bond motifs is 1. The zero-order valence-corrected chi connectivity index (χ0v) is 23.0. The number of hydrazone groups is 1. The maximum Gasteiger partial charge on any atom is 0.294 e. The summed E-state index contributed by atoms with van der Waals surface area (Å²) in [4.78, 5) is 18.5. The van der Waals surface area contributed by atoms with Crippen molar-refractivity contribution in [1.82, 2.24) is 4.98 Å². The van der Waals surface area contributed by atoms with Gasteiger partial charge >= 0.3 is 0 Å². The summed E-state index contributed by atoms with van der Waals surface area (Å²) in [6.45, 7) is 0. The van der Waals surface area contributed by atoms with E-state index in [-0.39, 0.29) is 16.6 Å². The molecule has 0 aliphatic carbocycles. The molecule has 12 heteroatoms. The normalized spacial score (nSPS) is 19.5. The Bertz CT molecular complexity index is 1720. The lowest BCUT2D eigenvalue weighted by Gasteiger charge is -2.39. The molecule has 0 radical (unpaired) electrons. The van der Waals surface area contributed by atoms with E-state index in [2.05, 4.69) is 0 Å². The van der Waals surface area contributed by atoms with E-state index in [0.717, 1.165) is 21.5 Å². The molecule has 0 bridgehead atoms. The van der Waals surface area contributed by atoms with Gasteiger partial charge in [-0.05, 0) is 54.1 Å². The fraction of sp³-hybridized carbons (Fsp3) is 0.148. The average molecular weight is 579 g/mol. The molecule has 1 unspecified atom stereocenters. The van der Waals surface area contributed by atoms with Crippen molar-refractivity contribution in [1.29, 1.82) is 0 Å². The molecule has 198 valence electrons. The number of carbonyl (C=O) groups excluding carboxylic acids is 1. The van der Waals surface area contributed by atoms with Gasteiger partial charge in [0.2, 0.25) is 5.91 Å². The third-order valence-corrected chi connectivity index (χ3v) is 9.64. The summed E-state index contributed by atoms with van der Waals surface area (Å²) in [6, 6.07) is 21.2. The van der Waals surface area contributed by atoms with Crippen LogP contribution in [0, 0.1) is 0 Å². The van der Waals surface area contributed by atoms with Gasteiger partial charge < -0.3 is 4.74 Å². The van der Waals surface area contributed by atoms with Gasteiger partial charge in [0.05, 0.1) is 39.4 Å². The van der Waals surface area contributed by atoms with E-state index in [1.165, 1.54) is 41.3 Å². The number of para-hydroxylation sites is 1. The summed E-state index contributed by atoms with van der Waals surface area (Å²) in [5.74, 6) is 0.835. The van der Waals surface area contributed by atoms with Crippen LogP contribution >= 0.6 is 23.1 Å². The van der Waals surface area contributed by atoms with Crippen LogP contribution < -0.4 is 14.6 Å². The summed E-state index contributed by atoms with van der Waals surface area (Å²) in [7, 11) is -2.83. The van der Waals surface area contributed by atoms with E-state index >= 15 is 0 Å². The molecule has 1 spiro atoms. The van der Waals surface area contributed by atoms with Gasteiger partial charge in [-0.2, -0.15) is 13.5 Å². The number of amides is 1. The van der Waals surface area contributed by atoms with Crippen molar-refractivity contribution in [2.24, 2.45) is 5.10 Å². The predicted molar refractivity (Wildman–Crippen MR) is 155 cm³/mol. The summed E-state index contributed by atoms with van der Waals surface area (Å²) in [6.07, 6.45) is 4.17. The molecule has 2 aliphatic heterocycles. The predicted octanol–water partition coefficient (Wildman–Crippen LogP) is 5.26. The van der Waals surface area contributed by atoms with Crippen LogP contribution in [0.4, 0.5) is 10.8 Å². The lowest BCUT2D eigenvalue weighted by Crippen LogP contribution is -2.53. The van der Waals surface area contributed by atoms with Crippen LogP contribution in [-0.2, 0) is 14.9 Å². The van der Waals surface area contributed by atoms with Crippen molar-refractivity contribution in [2.75, 3.05) is 22.8 Å². The van der Waals surface area contributed by atoms with Gasteiger partial charge in [0, 0.05) is 6.42 Å². The first-order valence-corrected chi connectivity index (χ1v) is 15.1. The topological polar surface area (TPSA) is 112 Å². The summed E-state index contributed by atoms with van der Waals surface area (Å²) in [5, 5.41) is 7.06. The number of rotatable bonds is 6. The molecular weight excluding hydrogens is 557 g/mol. The highest BCUT2D eigenvalue weighted by atomic mass is 32.2. The molecular formula is C27H22N4O5S3. The second-order valence-corrected chi connectivity index (χ2v) is 12.5. The number of methoxy groups -OCH3 is 1. The number of aromatic nitrogens is 1. The van der Waals surface area contributed by atoms with Crippen molar-refractivity contribution in [2.45, 2.75) is 16.3 Å². The summed E-state index contributed by atoms with van der Waals surface area (Å²) >= 11 is 2.83. The van der Waals surface area contributed by atoms with E-state index in [0.29, 0.717) is 23.0 Å². The minimum Gasteiger partial charge on any atom is -0.497 e. The Balaban J connectivity index is 1.45. The number of carbonyl (C=O) groups is 1. The number of ether oxygens (including phenoxy) is 1. The smallest absolute Gasteiger partial charge is 0.294 e. The first-order valence-electron chi connectivity index (χ1n) is 11.9. The lowest BCUT2D eigenvalue weighted by molar-refractivity contribution is -0.116. The molecule has 1 N–H and O–H groups in total. The number of hydrogen-bond donors (Lipinski definition) is 1. The van der Waals surface area contributed by atoms with Crippen LogP contribution in [0.1, 0.15) is 12.0 Å². The molecule has 2 aliphatic rings. The first kappa shape index (κ1) is 25.6. The van der Waals surface area contributed by atoms with Crippen molar-refractivity contribution in [3.63, 3.8) is 0 Å². The Kier molecular flexibility index (Phi) is 6.42. The number of thioether (sulfide) groups is 1. The van der Waals surface area contributed by atoms with Gasteiger partial charge in [-0.15, -0.1) is 0 Å². The molecule has 0 saturated carbocycles. The molecule has 4 aromatic rings. The quantitative estimate of drug-likeness (QED) is 0.308. The van der Waals surface area contributed by atoms with Crippen LogP contribution in [0.25, 0.3) is 16.3 Å². The van der Waals surface area contributed by atoms with Gasteiger partial charge in [-0.1, -0.05) is 59.5 Å². The molecule has 3 heterocycles. The SMILES string of the molecule is COc1ccc(C=CC2=NN(c3cccc(S(=O)(=O)O)c3)C3(C2)SCC(=O)N3c2nc3ccccc3s2)cc1. The van der Waals surface area contributed by atoms with Gasteiger partial charge in [0.25, 0.3) is 10.1 Å². The first-order chi connectivity index (χ1) is 18.8. The molecule has 1 fully saturated rings. The Morgan fingerprint density at radius 1 is 1.05 bits per heavy atom. The zero-order chi connectivity index (χ0) is 27.2. The lowest BCUT2D eigenvalue weighted by atomic mass is 10.1. The minimum atomic E-state index is -4.45. The van der Waals surface area contributed by atoms with Gasteiger partial charge in [-0.3, -0.25) is 14.2 Å². The van der Waals surface area contributed by atoms with E-state index in [1.54, 1.807) is 23.1 Å². The fourth-order valence-corrected chi connectivity index (χ4v) is 7.53. The second-order valence-electron chi connectivity index (χ2n) is 8.88. The Hall–Kier alpha value is -3.71. The maximum absolute atomic E-state index is 13.4. The monoisotopic (exact) mass is 578 g/mol. The third kappa shape index (κ3) is 4.69. The molecule has 6 rings (SSSR count). The van der Waals surface area contributed by atoms with E-state index < -0.39 is 15.1 Å². The molecule has 1 aromatic heterocycles. The van der Waals surface area contributed by atoms with Crippen molar-refractivity contribution in [3.8, 4) is 5.75 Å². The molecule has 1 atom stereocenters. The van der Waals surface area contributed by atoms with E-state index in [9.17, 15) is 17.8 Å². The number of hydrogen-bond acceptors (Lipinski definition) is 9.